The minimum atomic E-state index is -1.13. The molecule has 1 atom stereocenters. The van der Waals surface area contributed by atoms with Crippen LogP contribution in [0, 0.1) is 5.82 Å². The molecule has 0 radical (unpaired) electrons. The molecule has 0 spiro atoms. The maximum absolute atomic E-state index is 13.7. The molecule has 0 unspecified atom stereocenters. The molecule has 0 bridgehead atoms. The first kappa shape index (κ1) is 21.2. The van der Waals surface area contributed by atoms with E-state index in [0.717, 1.165) is 6.07 Å². The van der Waals surface area contributed by atoms with Crippen LogP contribution >= 0.6 is 11.6 Å². The number of carbonyl (C=O) groups excluding carboxylic acids is 2. The van der Waals surface area contributed by atoms with E-state index in [4.69, 9.17) is 25.8 Å². The van der Waals surface area contributed by atoms with Crippen LogP contribution in [0.25, 0.3) is 6.08 Å². The minimum absolute atomic E-state index is 0.0590. The molecule has 1 amide bonds. The lowest BCUT2D eigenvalue weighted by atomic mass is 10.2. The van der Waals surface area contributed by atoms with Crippen molar-refractivity contribution in [2.75, 3.05) is 19.5 Å². The largest absolute Gasteiger partial charge is 0.497 e. The zero-order valence-corrected chi connectivity index (χ0v) is 16.2. The van der Waals surface area contributed by atoms with Gasteiger partial charge in [-0.1, -0.05) is 11.6 Å². The fourth-order valence-electron chi connectivity index (χ4n) is 2.18. The second-order valence-corrected chi connectivity index (χ2v) is 6.11. The Kier molecular flexibility index (Phi) is 7.40. The molecule has 8 heteroatoms. The van der Waals surface area contributed by atoms with Gasteiger partial charge in [0, 0.05) is 17.2 Å². The number of hydrogen-bond acceptors (Lipinski definition) is 5. The Hall–Kier alpha value is -3.06. The van der Waals surface area contributed by atoms with Crippen LogP contribution < -0.4 is 14.8 Å². The van der Waals surface area contributed by atoms with E-state index in [2.05, 4.69) is 5.32 Å². The molecule has 28 heavy (non-hydrogen) atoms. The highest BCUT2D eigenvalue weighted by atomic mass is 35.5. The van der Waals surface area contributed by atoms with Crippen molar-refractivity contribution in [1.29, 1.82) is 0 Å². The summed E-state index contributed by atoms with van der Waals surface area (Å²) in [7, 11) is 3.03. The van der Waals surface area contributed by atoms with Gasteiger partial charge in [0.25, 0.3) is 5.91 Å². The zero-order chi connectivity index (χ0) is 20.7. The molecule has 0 fully saturated rings. The number of methoxy groups -OCH3 is 2. The van der Waals surface area contributed by atoms with Crippen molar-refractivity contribution >= 4 is 35.2 Å². The number of esters is 1. The van der Waals surface area contributed by atoms with Crippen molar-refractivity contribution in [1.82, 2.24) is 0 Å². The van der Waals surface area contributed by atoms with Crippen molar-refractivity contribution in [2.45, 2.75) is 13.0 Å². The van der Waals surface area contributed by atoms with Gasteiger partial charge >= 0.3 is 5.97 Å². The van der Waals surface area contributed by atoms with Gasteiger partial charge < -0.3 is 19.5 Å². The molecular formula is C20H19ClFNO5. The molecule has 0 aliphatic heterocycles. The molecule has 0 saturated heterocycles. The van der Waals surface area contributed by atoms with E-state index in [1.807, 2.05) is 0 Å². The normalized spacial score (nSPS) is 11.8. The van der Waals surface area contributed by atoms with Gasteiger partial charge in [-0.2, -0.15) is 0 Å². The van der Waals surface area contributed by atoms with Crippen LogP contribution in [0.3, 0.4) is 0 Å². The summed E-state index contributed by atoms with van der Waals surface area (Å²) in [5, 5.41) is 2.54. The molecular weight excluding hydrogens is 389 g/mol. The van der Waals surface area contributed by atoms with Gasteiger partial charge in [0.1, 0.15) is 17.3 Å². The summed E-state index contributed by atoms with van der Waals surface area (Å²) in [4.78, 5) is 24.0. The van der Waals surface area contributed by atoms with Crippen molar-refractivity contribution in [3.8, 4) is 11.5 Å². The lowest BCUT2D eigenvalue weighted by molar-refractivity contribution is -0.148. The van der Waals surface area contributed by atoms with Crippen LogP contribution in [-0.2, 0) is 14.3 Å². The van der Waals surface area contributed by atoms with Crippen molar-refractivity contribution in [3.05, 3.63) is 58.9 Å². The van der Waals surface area contributed by atoms with Crippen molar-refractivity contribution in [2.24, 2.45) is 0 Å². The first-order valence-corrected chi connectivity index (χ1v) is 8.58. The van der Waals surface area contributed by atoms with E-state index in [9.17, 15) is 14.0 Å². The monoisotopic (exact) mass is 407 g/mol. The van der Waals surface area contributed by atoms with E-state index < -0.39 is 23.8 Å². The van der Waals surface area contributed by atoms with E-state index in [0.29, 0.717) is 17.1 Å². The highest BCUT2D eigenvalue weighted by molar-refractivity contribution is 6.30. The number of anilines is 1. The first-order chi connectivity index (χ1) is 13.3. The number of hydrogen-bond donors (Lipinski definition) is 1. The average molecular weight is 408 g/mol. The van der Waals surface area contributed by atoms with Crippen LogP contribution in [-0.4, -0.2) is 32.2 Å². The number of benzene rings is 2. The predicted molar refractivity (Wildman–Crippen MR) is 104 cm³/mol. The summed E-state index contributed by atoms with van der Waals surface area (Å²) in [5.41, 5.74) is 0.588. The summed E-state index contributed by atoms with van der Waals surface area (Å²) in [6.07, 6.45) is 1.53. The Morgan fingerprint density at radius 3 is 2.32 bits per heavy atom. The van der Waals surface area contributed by atoms with Gasteiger partial charge in [-0.05, 0) is 48.9 Å². The van der Waals surface area contributed by atoms with Gasteiger partial charge in [-0.25, -0.2) is 9.18 Å². The lowest BCUT2D eigenvalue weighted by Crippen LogP contribution is -2.29. The molecule has 0 saturated carbocycles. The minimum Gasteiger partial charge on any atom is -0.497 e. The molecule has 2 aromatic rings. The molecule has 2 aromatic carbocycles. The van der Waals surface area contributed by atoms with E-state index >= 15 is 0 Å². The Labute approximate surface area is 166 Å². The fourth-order valence-corrected chi connectivity index (χ4v) is 2.34. The molecule has 0 aromatic heterocycles. The number of nitrogens with one attached hydrogen (secondary N) is 1. The van der Waals surface area contributed by atoms with E-state index in [-0.39, 0.29) is 10.7 Å². The average Bonchev–Trinajstić information content (AvgIpc) is 2.68. The van der Waals surface area contributed by atoms with Crippen LogP contribution in [0.1, 0.15) is 12.5 Å². The highest BCUT2D eigenvalue weighted by Gasteiger charge is 2.18. The van der Waals surface area contributed by atoms with Crippen LogP contribution in [0.5, 0.6) is 11.5 Å². The van der Waals surface area contributed by atoms with Crippen LogP contribution in [0.2, 0.25) is 5.02 Å². The highest BCUT2D eigenvalue weighted by Crippen LogP contribution is 2.23. The molecule has 148 valence electrons. The third kappa shape index (κ3) is 5.99. The number of carbonyl (C=O) groups is 2. The number of ether oxygens (including phenoxy) is 3. The van der Waals surface area contributed by atoms with Gasteiger partial charge in [-0.3, -0.25) is 4.79 Å². The topological polar surface area (TPSA) is 73.9 Å². The Bertz CT molecular complexity index is 878. The Morgan fingerprint density at radius 2 is 1.75 bits per heavy atom. The zero-order valence-electron chi connectivity index (χ0n) is 15.5. The SMILES string of the molecule is COc1cc(/C=C/C(=O)O[C@H](C)C(=O)Nc2ccc(Cl)cc2F)cc(OC)c1. The summed E-state index contributed by atoms with van der Waals surface area (Å²) in [6.45, 7) is 1.38. The second kappa shape index (κ2) is 9.75. The predicted octanol–water partition coefficient (Wildman–Crippen LogP) is 4.08. The van der Waals surface area contributed by atoms with Gasteiger partial charge in [0.15, 0.2) is 6.10 Å². The van der Waals surface area contributed by atoms with Gasteiger partial charge in [-0.15, -0.1) is 0 Å². The van der Waals surface area contributed by atoms with Gasteiger partial charge in [0.2, 0.25) is 0 Å². The molecule has 0 heterocycles. The summed E-state index contributed by atoms with van der Waals surface area (Å²) in [6, 6.07) is 8.91. The Morgan fingerprint density at radius 1 is 1.11 bits per heavy atom. The number of amides is 1. The summed E-state index contributed by atoms with van der Waals surface area (Å²) < 4.78 is 29.1. The maximum atomic E-state index is 13.7. The number of halogens is 2. The van der Waals surface area contributed by atoms with Crippen LogP contribution in [0.4, 0.5) is 10.1 Å². The summed E-state index contributed by atoms with van der Waals surface area (Å²) >= 11 is 5.66. The maximum Gasteiger partial charge on any atom is 0.331 e. The third-order valence-corrected chi connectivity index (χ3v) is 3.87. The Balaban J connectivity index is 1.98. The molecule has 0 aliphatic rings. The molecule has 2 rings (SSSR count). The second-order valence-electron chi connectivity index (χ2n) is 5.67. The number of rotatable bonds is 7. The standard InChI is InChI=1S/C20H19ClFNO5/c1-12(20(25)23-18-6-5-14(21)10-17(18)22)28-19(24)7-4-13-8-15(26-2)11-16(9-13)27-3/h4-12H,1-3H3,(H,23,25)/b7-4+/t12-/m1/s1. The molecule has 0 aliphatic carbocycles. The van der Waals surface area contributed by atoms with Gasteiger partial charge in [0.05, 0.1) is 19.9 Å². The lowest BCUT2D eigenvalue weighted by Gasteiger charge is -2.13. The molecule has 6 nitrogen and oxygen atoms in total. The first-order valence-electron chi connectivity index (χ1n) is 8.20. The molecule has 1 N–H and O–H groups in total. The quantitative estimate of drug-likeness (QED) is 0.553. The van der Waals surface area contributed by atoms with E-state index in [1.165, 1.54) is 45.4 Å². The van der Waals surface area contributed by atoms with Crippen LogP contribution in [0.15, 0.2) is 42.5 Å². The smallest absolute Gasteiger partial charge is 0.331 e. The fraction of sp³-hybridized carbons (Fsp3) is 0.200. The van der Waals surface area contributed by atoms with Crippen molar-refractivity contribution < 1.29 is 28.2 Å². The third-order valence-electron chi connectivity index (χ3n) is 3.64. The van der Waals surface area contributed by atoms with Crippen molar-refractivity contribution in [3.63, 3.8) is 0 Å². The summed E-state index contributed by atoms with van der Waals surface area (Å²) in [5.74, 6) is -0.978. The van der Waals surface area contributed by atoms with E-state index in [1.54, 1.807) is 18.2 Å².